The van der Waals surface area contributed by atoms with Crippen LogP contribution in [0.4, 0.5) is 4.79 Å². The fraction of sp³-hybridized carbons (Fsp3) is 0.286. The van der Waals surface area contributed by atoms with Crippen molar-refractivity contribution >= 4 is 6.09 Å². The van der Waals surface area contributed by atoms with Gasteiger partial charge in [0.25, 0.3) is 0 Å². The van der Waals surface area contributed by atoms with Crippen molar-refractivity contribution in [3.05, 3.63) is 24.0 Å². The van der Waals surface area contributed by atoms with Crippen LogP contribution < -0.4 is 5.32 Å². The minimum Gasteiger partial charge on any atom is -0.447 e. The minimum atomic E-state index is -0.343. The summed E-state index contributed by atoms with van der Waals surface area (Å²) in [6, 6.07) is 3.80. The van der Waals surface area contributed by atoms with Crippen LogP contribution in [0, 0.1) is 0 Å². The SMILES string of the molecule is O=C1N[C@H](c2ccc[nH]2)CO1. The smallest absolute Gasteiger partial charge is 0.407 e. The molecule has 1 aliphatic heterocycles. The normalized spacial score (nSPS) is 22.9. The lowest BCUT2D eigenvalue weighted by Crippen LogP contribution is -2.18. The highest BCUT2D eigenvalue weighted by molar-refractivity contribution is 5.69. The first-order chi connectivity index (χ1) is 5.36. The molecule has 1 fully saturated rings. The number of ether oxygens (including phenoxy) is 1. The van der Waals surface area contributed by atoms with Crippen molar-refractivity contribution in [1.29, 1.82) is 0 Å². The molecule has 0 aliphatic carbocycles. The number of amides is 1. The second kappa shape index (κ2) is 2.30. The molecule has 58 valence electrons. The summed E-state index contributed by atoms with van der Waals surface area (Å²) in [4.78, 5) is 13.6. The molecule has 2 N–H and O–H groups in total. The molecule has 0 radical (unpaired) electrons. The zero-order valence-corrected chi connectivity index (χ0v) is 5.83. The number of aromatic amines is 1. The molecular formula is C7H8N2O2. The van der Waals surface area contributed by atoms with Crippen LogP contribution in [0.15, 0.2) is 18.3 Å². The molecular weight excluding hydrogens is 144 g/mol. The number of hydrogen-bond acceptors (Lipinski definition) is 2. The molecule has 1 aliphatic rings. The summed E-state index contributed by atoms with van der Waals surface area (Å²) >= 11 is 0. The molecule has 1 saturated heterocycles. The van der Waals surface area contributed by atoms with E-state index in [0.29, 0.717) is 6.61 Å². The lowest BCUT2D eigenvalue weighted by molar-refractivity contribution is 0.177. The predicted octanol–water partition coefficient (Wildman–Crippen LogP) is 0.796. The van der Waals surface area contributed by atoms with Gasteiger partial charge in [0, 0.05) is 11.9 Å². The first-order valence-electron chi connectivity index (χ1n) is 3.43. The van der Waals surface area contributed by atoms with Crippen molar-refractivity contribution in [2.24, 2.45) is 0 Å². The first kappa shape index (κ1) is 6.27. The van der Waals surface area contributed by atoms with E-state index in [-0.39, 0.29) is 12.1 Å². The number of aromatic nitrogens is 1. The summed E-state index contributed by atoms with van der Waals surface area (Å²) in [5.41, 5.74) is 0.982. The average Bonchev–Trinajstić information content (AvgIpc) is 2.55. The van der Waals surface area contributed by atoms with Crippen LogP contribution in [-0.4, -0.2) is 17.7 Å². The number of alkyl carbamates (subject to hydrolysis) is 1. The third-order valence-corrected chi connectivity index (χ3v) is 1.67. The second-order valence-corrected chi connectivity index (χ2v) is 2.42. The van der Waals surface area contributed by atoms with Crippen LogP contribution in [0.2, 0.25) is 0 Å². The minimum absolute atomic E-state index is 0.00231. The Kier molecular flexibility index (Phi) is 1.31. The highest BCUT2D eigenvalue weighted by atomic mass is 16.6. The fourth-order valence-corrected chi connectivity index (χ4v) is 1.11. The molecule has 1 aromatic heterocycles. The van der Waals surface area contributed by atoms with Crippen molar-refractivity contribution in [3.63, 3.8) is 0 Å². The highest BCUT2D eigenvalue weighted by Crippen LogP contribution is 2.14. The van der Waals surface area contributed by atoms with Crippen molar-refractivity contribution < 1.29 is 9.53 Å². The summed E-state index contributed by atoms with van der Waals surface area (Å²) in [5, 5.41) is 2.66. The summed E-state index contributed by atoms with van der Waals surface area (Å²) < 4.78 is 4.72. The number of carbonyl (C=O) groups is 1. The maximum atomic E-state index is 10.6. The van der Waals surface area contributed by atoms with Crippen LogP contribution in [-0.2, 0) is 4.74 Å². The van der Waals surface area contributed by atoms with Crippen LogP contribution in [0.3, 0.4) is 0 Å². The van der Waals surface area contributed by atoms with E-state index >= 15 is 0 Å². The molecule has 4 heteroatoms. The Morgan fingerprint density at radius 1 is 1.64 bits per heavy atom. The lowest BCUT2D eigenvalue weighted by Gasteiger charge is -2.02. The molecule has 0 saturated carbocycles. The first-order valence-corrected chi connectivity index (χ1v) is 3.43. The van der Waals surface area contributed by atoms with E-state index < -0.39 is 0 Å². The standard InChI is InChI=1S/C7H8N2O2/c10-7-9-6(4-11-7)5-2-1-3-8-5/h1-3,6,8H,4H2,(H,9,10)/t6-/m0/s1. The molecule has 0 spiro atoms. The van der Waals surface area contributed by atoms with Gasteiger partial charge in [-0.2, -0.15) is 0 Å². The summed E-state index contributed by atoms with van der Waals surface area (Å²) in [5.74, 6) is 0. The van der Waals surface area contributed by atoms with Gasteiger partial charge in [-0.05, 0) is 12.1 Å². The number of rotatable bonds is 1. The van der Waals surface area contributed by atoms with Crippen molar-refractivity contribution in [1.82, 2.24) is 10.3 Å². The largest absolute Gasteiger partial charge is 0.447 e. The molecule has 11 heavy (non-hydrogen) atoms. The molecule has 0 aromatic carbocycles. The van der Waals surface area contributed by atoms with Gasteiger partial charge in [-0.3, -0.25) is 0 Å². The molecule has 4 nitrogen and oxygen atoms in total. The van der Waals surface area contributed by atoms with Gasteiger partial charge >= 0.3 is 6.09 Å². The Balaban J connectivity index is 2.13. The number of hydrogen-bond donors (Lipinski definition) is 2. The summed E-state index contributed by atoms with van der Waals surface area (Å²) in [6.07, 6.45) is 1.48. The van der Waals surface area contributed by atoms with Crippen molar-refractivity contribution in [2.75, 3.05) is 6.61 Å². The Labute approximate surface area is 63.6 Å². The van der Waals surface area contributed by atoms with Crippen LogP contribution >= 0.6 is 0 Å². The Bertz CT molecular complexity index is 255. The Hall–Kier alpha value is -1.45. The Morgan fingerprint density at radius 3 is 3.09 bits per heavy atom. The monoisotopic (exact) mass is 152 g/mol. The second-order valence-electron chi connectivity index (χ2n) is 2.42. The van der Waals surface area contributed by atoms with Gasteiger partial charge in [-0.15, -0.1) is 0 Å². The third kappa shape index (κ3) is 1.07. The molecule has 0 unspecified atom stereocenters. The zero-order valence-electron chi connectivity index (χ0n) is 5.83. The molecule has 2 rings (SSSR count). The maximum Gasteiger partial charge on any atom is 0.407 e. The van der Waals surface area contributed by atoms with Crippen LogP contribution in [0.25, 0.3) is 0 Å². The van der Waals surface area contributed by atoms with E-state index in [2.05, 4.69) is 10.3 Å². The van der Waals surface area contributed by atoms with Gasteiger partial charge < -0.3 is 15.0 Å². The van der Waals surface area contributed by atoms with Gasteiger partial charge in [-0.25, -0.2) is 4.79 Å². The predicted molar refractivity (Wildman–Crippen MR) is 38.0 cm³/mol. The van der Waals surface area contributed by atoms with Gasteiger partial charge in [0.15, 0.2) is 0 Å². The fourth-order valence-electron chi connectivity index (χ4n) is 1.11. The summed E-state index contributed by atoms with van der Waals surface area (Å²) in [7, 11) is 0. The van der Waals surface area contributed by atoms with E-state index in [4.69, 9.17) is 4.74 Å². The molecule has 2 heterocycles. The number of H-pyrrole nitrogens is 1. The van der Waals surface area contributed by atoms with Crippen LogP contribution in [0.1, 0.15) is 11.7 Å². The quantitative estimate of drug-likeness (QED) is 0.625. The van der Waals surface area contributed by atoms with E-state index in [0.717, 1.165) is 5.69 Å². The van der Waals surface area contributed by atoms with E-state index in [1.807, 2.05) is 18.3 Å². The van der Waals surface area contributed by atoms with Gasteiger partial charge in [0.2, 0.25) is 0 Å². The third-order valence-electron chi connectivity index (χ3n) is 1.67. The average molecular weight is 152 g/mol. The van der Waals surface area contributed by atoms with Gasteiger partial charge in [0.05, 0.1) is 0 Å². The molecule has 1 aromatic rings. The molecule has 1 amide bonds. The topological polar surface area (TPSA) is 54.1 Å². The summed E-state index contributed by atoms with van der Waals surface area (Å²) in [6.45, 7) is 0.416. The van der Waals surface area contributed by atoms with Crippen molar-refractivity contribution in [2.45, 2.75) is 6.04 Å². The van der Waals surface area contributed by atoms with E-state index in [1.165, 1.54) is 0 Å². The molecule has 1 atom stereocenters. The zero-order chi connectivity index (χ0) is 7.68. The van der Waals surface area contributed by atoms with Crippen molar-refractivity contribution in [3.8, 4) is 0 Å². The van der Waals surface area contributed by atoms with Gasteiger partial charge in [-0.1, -0.05) is 0 Å². The van der Waals surface area contributed by atoms with E-state index in [9.17, 15) is 4.79 Å². The van der Waals surface area contributed by atoms with Crippen LogP contribution in [0.5, 0.6) is 0 Å². The lowest BCUT2D eigenvalue weighted by atomic mass is 10.2. The van der Waals surface area contributed by atoms with E-state index in [1.54, 1.807) is 0 Å². The molecule has 0 bridgehead atoms. The van der Waals surface area contributed by atoms with Gasteiger partial charge in [0.1, 0.15) is 12.6 Å². The number of nitrogens with one attached hydrogen (secondary N) is 2. The maximum absolute atomic E-state index is 10.6. The highest BCUT2D eigenvalue weighted by Gasteiger charge is 2.23. The number of cyclic esters (lactones) is 1. The number of carbonyl (C=O) groups excluding carboxylic acids is 1. The Morgan fingerprint density at radius 2 is 2.55 bits per heavy atom.